The molecule has 0 spiro atoms. The van der Waals surface area contributed by atoms with Crippen LogP contribution in [0.3, 0.4) is 0 Å². The second-order valence-corrected chi connectivity index (χ2v) is 3.96. The van der Waals surface area contributed by atoms with Gasteiger partial charge in [0.05, 0.1) is 0 Å². The number of rotatable bonds is 4. The number of amidine groups is 1. The zero-order valence-electron chi connectivity index (χ0n) is 9.87. The number of halogens is 1. The molecule has 92 valence electrons. The Morgan fingerprint density at radius 3 is 2.41 bits per heavy atom. The summed E-state index contributed by atoms with van der Waals surface area (Å²) in [6, 6.07) is 7.46. The molecule has 2 rings (SSSR count). The molecule has 0 bridgehead atoms. The third-order valence-corrected chi connectivity index (χ3v) is 3.05. The minimum absolute atomic E-state index is 0.198. The molecule has 0 saturated heterocycles. The molecule has 1 aromatic rings. The zero-order chi connectivity index (χ0) is 12.5. The van der Waals surface area contributed by atoms with Gasteiger partial charge in [-0.05, 0) is 13.8 Å². The lowest BCUT2D eigenvalue weighted by Gasteiger charge is -2.33. The second kappa shape index (κ2) is 4.64. The van der Waals surface area contributed by atoms with Crippen LogP contribution in [0.15, 0.2) is 24.3 Å². The largest absolute Gasteiger partial charge is 0.328 e. The van der Waals surface area contributed by atoms with Crippen molar-refractivity contribution >= 4 is 17.6 Å². The van der Waals surface area contributed by atoms with Gasteiger partial charge in [-0.25, -0.2) is 4.42 Å². The molecule has 0 fully saturated rings. The van der Waals surface area contributed by atoms with E-state index in [1.165, 1.54) is 4.42 Å². The molecule has 0 amide bonds. The Morgan fingerprint density at radius 2 is 1.82 bits per heavy atom. The molecular weight excluding hydrogens is 240 g/mol. The van der Waals surface area contributed by atoms with Crippen LogP contribution < -0.4 is 0 Å². The highest BCUT2D eigenvalue weighted by Crippen LogP contribution is 2.42. The summed E-state index contributed by atoms with van der Waals surface area (Å²) >= 11 is 6.17. The van der Waals surface area contributed by atoms with Gasteiger partial charge in [0.1, 0.15) is 5.84 Å². The Bertz CT molecular complexity index is 430. The number of hydrogen-bond acceptors (Lipinski definition) is 3. The van der Waals surface area contributed by atoms with E-state index in [9.17, 15) is 0 Å². The molecule has 5 heteroatoms. The molecule has 1 heterocycles. The van der Waals surface area contributed by atoms with E-state index in [1.807, 2.05) is 38.1 Å². The van der Waals surface area contributed by atoms with Gasteiger partial charge in [0.2, 0.25) is 0 Å². The first-order chi connectivity index (χ1) is 8.17. The Labute approximate surface area is 106 Å². The van der Waals surface area contributed by atoms with Crippen molar-refractivity contribution < 1.29 is 9.47 Å². The molecule has 4 nitrogen and oxygen atoms in total. The van der Waals surface area contributed by atoms with Crippen molar-refractivity contribution in [3.05, 3.63) is 35.4 Å². The zero-order valence-corrected chi connectivity index (χ0v) is 10.6. The third kappa shape index (κ3) is 1.73. The summed E-state index contributed by atoms with van der Waals surface area (Å²) in [7, 11) is 0. The summed E-state index contributed by atoms with van der Waals surface area (Å²) in [4.78, 5) is 0. The molecule has 0 aliphatic carbocycles. The normalized spacial score (nSPS) is 17.4. The van der Waals surface area contributed by atoms with Crippen LogP contribution in [-0.2, 0) is 15.4 Å². The van der Waals surface area contributed by atoms with Crippen molar-refractivity contribution in [2.75, 3.05) is 13.2 Å². The fourth-order valence-corrected chi connectivity index (χ4v) is 2.31. The van der Waals surface area contributed by atoms with Gasteiger partial charge in [-0.2, -0.15) is 0 Å². The van der Waals surface area contributed by atoms with E-state index in [0.717, 1.165) is 11.1 Å². The third-order valence-electron chi connectivity index (χ3n) is 2.66. The van der Waals surface area contributed by atoms with Crippen molar-refractivity contribution in [1.82, 2.24) is 4.42 Å². The second-order valence-electron chi connectivity index (χ2n) is 3.62. The Kier molecular flexibility index (Phi) is 3.38. The van der Waals surface area contributed by atoms with Crippen LogP contribution in [0.2, 0.25) is 0 Å². The van der Waals surface area contributed by atoms with E-state index in [0.29, 0.717) is 13.2 Å². The van der Waals surface area contributed by atoms with E-state index in [2.05, 4.69) is 0 Å². The summed E-state index contributed by atoms with van der Waals surface area (Å²) in [5, 5.41) is 7.98. The maximum absolute atomic E-state index is 7.98. The van der Waals surface area contributed by atoms with Crippen LogP contribution >= 0.6 is 11.8 Å². The lowest BCUT2D eigenvalue weighted by atomic mass is 10.1. The first-order valence-electron chi connectivity index (χ1n) is 5.59. The van der Waals surface area contributed by atoms with Crippen LogP contribution in [0.1, 0.15) is 25.0 Å². The standard InChI is InChI=1S/C12H15ClN2O2/c1-3-16-12(17-4-2)10-8-6-5-7-9(10)11(14)15(12)13/h5-8,14H,3-4H2,1-2H3. The first kappa shape index (κ1) is 12.4. The first-order valence-corrected chi connectivity index (χ1v) is 5.93. The van der Waals surface area contributed by atoms with Gasteiger partial charge in [0.25, 0.3) is 5.91 Å². The maximum Gasteiger partial charge on any atom is 0.296 e. The van der Waals surface area contributed by atoms with Gasteiger partial charge in [-0.15, -0.1) is 0 Å². The molecule has 17 heavy (non-hydrogen) atoms. The maximum atomic E-state index is 7.98. The fourth-order valence-electron chi connectivity index (χ4n) is 2.03. The van der Waals surface area contributed by atoms with Gasteiger partial charge in [-0.1, -0.05) is 24.3 Å². The minimum atomic E-state index is -1.17. The average molecular weight is 255 g/mol. The van der Waals surface area contributed by atoms with Crippen LogP contribution in [0.5, 0.6) is 0 Å². The molecule has 0 unspecified atom stereocenters. The molecule has 1 N–H and O–H groups in total. The highest BCUT2D eigenvalue weighted by Gasteiger charge is 2.50. The van der Waals surface area contributed by atoms with Crippen LogP contribution in [-0.4, -0.2) is 23.5 Å². The monoisotopic (exact) mass is 254 g/mol. The highest BCUT2D eigenvalue weighted by atomic mass is 35.5. The van der Waals surface area contributed by atoms with Crippen molar-refractivity contribution in [2.45, 2.75) is 19.8 Å². The summed E-state index contributed by atoms with van der Waals surface area (Å²) < 4.78 is 12.6. The average Bonchev–Trinajstić information content (AvgIpc) is 2.55. The number of benzene rings is 1. The predicted molar refractivity (Wildman–Crippen MR) is 65.9 cm³/mol. The molecule has 0 aromatic heterocycles. The summed E-state index contributed by atoms with van der Waals surface area (Å²) in [6.07, 6.45) is 0. The molecule has 0 saturated carbocycles. The van der Waals surface area contributed by atoms with Crippen molar-refractivity contribution in [3.63, 3.8) is 0 Å². The summed E-state index contributed by atoms with van der Waals surface area (Å²) in [6.45, 7) is 4.64. The smallest absolute Gasteiger partial charge is 0.296 e. The van der Waals surface area contributed by atoms with E-state index >= 15 is 0 Å². The van der Waals surface area contributed by atoms with Crippen molar-refractivity contribution in [2.24, 2.45) is 0 Å². The van der Waals surface area contributed by atoms with Gasteiger partial charge >= 0.3 is 0 Å². The lowest BCUT2D eigenvalue weighted by Crippen LogP contribution is -2.43. The van der Waals surface area contributed by atoms with Gasteiger partial charge in [0.15, 0.2) is 0 Å². The summed E-state index contributed by atoms with van der Waals surface area (Å²) in [5.41, 5.74) is 1.52. The number of ether oxygens (including phenoxy) is 2. The number of hydrogen-bond donors (Lipinski definition) is 1. The minimum Gasteiger partial charge on any atom is -0.328 e. The molecule has 1 aromatic carbocycles. The van der Waals surface area contributed by atoms with Crippen molar-refractivity contribution in [3.8, 4) is 0 Å². The van der Waals surface area contributed by atoms with Crippen LogP contribution in [0, 0.1) is 5.41 Å². The van der Waals surface area contributed by atoms with Gasteiger partial charge in [0, 0.05) is 36.1 Å². The SMILES string of the molecule is CCOC1(OCC)c2ccccc2C(=N)N1Cl. The predicted octanol–water partition coefficient (Wildman–Crippen LogP) is 2.66. The van der Waals surface area contributed by atoms with Gasteiger partial charge < -0.3 is 9.47 Å². The molecule has 1 aliphatic heterocycles. The quantitative estimate of drug-likeness (QED) is 0.664. The Hall–Kier alpha value is -1.10. The molecule has 0 atom stereocenters. The van der Waals surface area contributed by atoms with E-state index in [1.54, 1.807) is 0 Å². The summed E-state index contributed by atoms with van der Waals surface area (Å²) in [5.74, 6) is -0.970. The molecule has 1 aliphatic rings. The van der Waals surface area contributed by atoms with E-state index in [-0.39, 0.29) is 5.84 Å². The van der Waals surface area contributed by atoms with E-state index in [4.69, 9.17) is 26.7 Å². The Morgan fingerprint density at radius 1 is 1.24 bits per heavy atom. The number of nitrogens with one attached hydrogen (secondary N) is 1. The lowest BCUT2D eigenvalue weighted by molar-refractivity contribution is -0.282. The van der Waals surface area contributed by atoms with E-state index < -0.39 is 5.91 Å². The highest BCUT2D eigenvalue weighted by molar-refractivity contribution is 6.26. The number of fused-ring (bicyclic) bond motifs is 1. The molecular formula is C12H15ClN2O2. The van der Waals surface area contributed by atoms with Crippen molar-refractivity contribution in [1.29, 1.82) is 5.41 Å². The number of nitrogens with zero attached hydrogens (tertiary/aromatic N) is 1. The topological polar surface area (TPSA) is 45.6 Å². The molecule has 0 radical (unpaired) electrons. The fraction of sp³-hybridized carbons (Fsp3) is 0.417. The van der Waals surface area contributed by atoms with Crippen LogP contribution in [0.25, 0.3) is 0 Å². The van der Waals surface area contributed by atoms with Crippen LogP contribution in [0.4, 0.5) is 0 Å². The van der Waals surface area contributed by atoms with Gasteiger partial charge in [-0.3, -0.25) is 5.41 Å². The Balaban J connectivity index is 2.55.